The lowest BCUT2D eigenvalue weighted by Crippen LogP contribution is -1.94. The SMILES string of the molecule is CCOc1ccc(Nc2ccc(SC#N)c3ccccc23)cc1. The van der Waals surface area contributed by atoms with Crippen LogP contribution in [0.2, 0.25) is 0 Å². The summed E-state index contributed by atoms with van der Waals surface area (Å²) in [6.45, 7) is 2.63. The molecule has 0 unspecified atom stereocenters. The maximum atomic E-state index is 8.94. The van der Waals surface area contributed by atoms with Crippen molar-refractivity contribution in [1.29, 1.82) is 5.26 Å². The van der Waals surface area contributed by atoms with Gasteiger partial charge in [0.25, 0.3) is 0 Å². The van der Waals surface area contributed by atoms with Crippen molar-refractivity contribution in [3.05, 3.63) is 60.7 Å². The van der Waals surface area contributed by atoms with Crippen LogP contribution in [-0.2, 0) is 0 Å². The summed E-state index contributed by atoms with van der Waals surface area (Å²) in [6.07, 6.45) is 0. The lowest BCUT2D eigenvalue weighted by Gasteiger charge is -2.12. The van der Waals surface area contributed by atoms with Gasteiger partial charge in [-0.25, -0.2) is 0 Å². The molecule has 0 radical (unpaired) electrons. The van der Waals surface area contributed by atoms with Crippen molar-refractivity contribution >= 4 is 33.9 Å². The van der Waals surface area contributed by atoms with Gasteiger partial charge in [-0.15, -0.1) is 0 Å². The number of thiocyanates is 1. The zero-order valence-electron chi connectivity index (χ0n) is 12.7. The van der Waals surface area contributed by atoms with Crippen molar-refractivity contribution in [2.24, 2.45) is 0 Å². The lowest BCUT2D eigenvalue weighted by atomic mass is 10.1. The number of rotatable bonds is 5. The number of nitrogens with one attached hydrogen (secondary N) is 1. The molecule has 3 rings (SSSR count). The van der Waals surface area contributed by atoms with E-state index in [-0.39, 0.29) is 0 Å². The van der Waals surface area contributed by atoms with E-state index in [2.05, 4.69) is 16.8 Å². The Kier molecular flexibility index (Phi) is 4.70. The number of hydrogen-bond acceptors (Lipinski definition) is 4. The van der Waals surface area contributed by atoms with Gasteiger partial charge in [-0.3, -0.25) is 0 Å². The summed E-state index contributed by atoms with van der Waals surface area (Å²) in [5, 5.41) is 16.7. The van der Waals surface area contributed by atoms with E-state index in [1.54, 1.807) is 0 Å². The summed E-state index contributed by atoms with van der Waals surface area (Å²) < 4.78 is 5.46. The highest BCUT2D eigenvalue weighted by Gasteiger charge is 2.06. The number of hydrogen-bond donors (Lipinski definition) is 1. The Hall–Kier alpha value is -2.64. The minimum absolute atomic E-state index is 0.662. The van der Waals surface area contributed by atoms with Gasteiger partial charge in [0.2, 0.25) is 0 Å². The fourth-order valence-electron chi connectivity index (χ4n) is 2.48. The highest BCUT2D eigenvalue weighted by atomic mass is 32.2. The summed E-state index contributed by atoms with van der Waals surface area (Å²) in [4.78, 5) is 0.973. The van der Waals surface area contributed by atoms with E-state index in [9.17, 15) is 0 Å². The van der Waals surface area contributed by atoms with Gasteiger partial charge in [0.05, 0.1) is 6.61 Å². The van der Waals surface area contributed by atoms with Crippen LogP contribution in [0.1, 0.15) is 6.92 Å². The zero-order chi connectivity index (χ0) is 16.1. The number of anilines is 2. The minimum Gasteiger partial charge on any atom is -0.494 e. The van der Waals surface area contributed by atoms with Gasteiger partial charge in [-0.05, 0) is 60.5 Å². The molecule has 114 valence electrons. The monoisotopic (exact) mass is 320 g/mol. The van der Waals surface area contributed by atoms with Crippen molar-refractivity contribution in [3.63, 3.8) is 0 Å². The van der Waals surface area contributed by atoms with Crippen LogP contribution >= 0.6 is 11.8 Å². The normalized spacial score (nSPS) is 10.3. The highest BCUT2D eigenvalue weighted by molar-refractivity contribution is 8.04. The first-order chi connectivity index (χ1) is 11.3. The average Bonchev–Trinajstić information content (AvgIpc) is 2.59. The molecule has 23 heavy (non-hydrogen) atoms. The van der Waals surface area contributed by atoms with E-state index in [1.807, 2.05) is 61.5 Å². The third-order valence-corrected chi connectivity index (χ3v) is 4.15. The zero-order valence-corrected chi connectivity index (χ0v) is 13.6. The molecule has 4 heteroatoms. The van der Waals surface area contributed by atoms with Gasteiger partial charge >= 0.3 is 0 Å². The molecule has 0 aromatic heterocycles. The van der Waals surface area contributed by atoms with E-state index in [4.69, 9.17) is 10.00 Å². The Balaban J connectivity index is 1.94. The van der Waals surface area contributed by atoms with Crippen LogP contribution in [0, 0.1) is 10.7 Å². The third-order valence-electron chi connectivity index (χ3n) is 3.48. The van der Waals surface area contributed by atoms with Gasteiger partial charge in [-0.1, -0.05) is 24.3 Å². The smallest absolute Gasteiger partial charge is 0.138 e. The van der Waals surface area contributed by atoms with Crippen molar-refractivity contribution in [2.45, 2.75) is 11.8 Å². The quantitative estimate of drug-likeness (QED) is 0.494. The maximum Gasteiger partial charge on any atom is 0.138 e. The predicted octanol–water partition coefficient (Wildman–Crippen LogP) is 5.56. The molecule has 0 spiro atoms. The van der Waals surface area contributed by atoms with E-state index >= 15 is 0 Å². The first kappa shape index (κ1) is 15.3. The first-order valence-corrected chi connectivity index (χ1v) is 8.21. The van der Waals surface area contributed by atoms with Crippen LogP contribution in [0.15, 0.2) is 65.6 Å². The molecule has 0 saturated heterocycles. The van der Waals surface area contributed by atoms with E-state index in [1.165, 1.54) is 11.8 Å². The molecular weight excluding hydrogens is 304 g/mol. The number of thioether (sulfide) groups is 1. The van der Waals surface area contributed by atoms with Crippen LogP contribution in [-0.4, -0.2) is 6.61 Å². The van der Waals surface area contributed by atoms with E-state index in [0.717, 1.165) is 32.8 Å². The number of nitrogens with zero attached hydrogens (tertiary/aromatic N) is 1. The summed E-state index contributed by atoms with van der Waals surface area (Å²) in [6, 6.07) is 20.0. The Morgan fingerprint density at radius 3 is 2.43 bits per heavy atom. The second-order valence-electron chi connectivity index (χ2n) is 4.93. The molecule has 3 aromatic carbocycles. The largest absolute Gasteiger partial charge is 0.494 e. The number of ether oxygens (including phenoxy) is 1. The minimum atomic E-state index is 0.662. The molecule has 0 atom stereocenters. The van der Waals surface area contributed by atoms with Crippen molar-refractivity contribution in [2.75, 3.05) is 11.9 Å². The Labute approximate surface area is 139 Å². The summed E-state index contributed by atoms with van der Waals surface area (Å²) >= 11 is 1.19. The van der Waals surface area contributed by atoms with Crippen molar-refractivity contribution in [3.8, 4) is 11.2 Å². The summed E-state index contributed by atoms with van der Waals surface area (Å²) in [5.74, 6) is 0.865. The Bertz CT molecular complexity index is 853. The molecular formula is C19H16N2OS. The molecule has 0 heterocycles. The van der Waals surface area contributed by atoms with Gasteiger partial charge in [-0.2, -0.15) is 5.26 Å². The van der Waals surface area contributed by atoms with Crippen molar-refractivity contribution in [1.82, 2.24) is 0 Å². The standard InChI is InChI=1S/C19H16N2OS/c1-2-22-15-9-7-14(8-10-15)21-18-11-12-19(23-13-20)17-6-4-3-5-16(17)18/h3-12,21H,2H2,1H3. The van der Waals surface area contributed by atoms with Crippen LogP contribution in [0.25, 0.3) is 10.8 Å². The third kappa shape index (κ3) is 3.41. The molecule has 0 amide bonds. The fraction of sp³-hybridized carbons (Fsp3) is 0.105. The Morgan fingerprint density at radius 1 is 1.00 bits per heavy atom. The van der Waals surface area contributed by atoms with Gasteiger partial charge in [0.15, 0.2) is 0 Å². The van der Waals surface area contributed by atoms with Gasteiger partial charge < -0.3 is 10.1 Å². The maximum absolute atomic E-state index is 8.94. The fourth-order valence-corrected chi connectivity index (χ4v) is 3.00. The lowest BCUT2D eigenvalue weighted by molar-refractivity contribution is 0.340. The number of benzene rings is 3. The van der Waals surface area contributed by atoms with Crippen LogP contribution in [0.3, 0.4) is 0 Å². The molecule has 0 saturated carbocycles. The van der Waals surface area contributed by atoms with Gasteiger partial charge in [0, 0.05) is 21.7 Å². The highest BCUT2D eigenvalue weighted by Crippen LogP contribution is 2.33. The average molecular weight is 320 g/mol. The molecule has 3 aromatic rings. The summed E-state index contributed by atoms with van der Waals surface area (Å²) in [7, 11) is 0. The summed E-state index contributed by atoms with van der Waals surface area (Å²) in [5.41, 5.74) is 2.02. The molecule has 0 aliphatic rings. The second-order valence-corrected chi connectivity index (χ2v) is 5.76. The molecule has 0 fully saturated rings. The molecule has 0 aliphatic carbocycles. The van der Waals surface area contributed by atoms with E-state index in [0.29, 0.717) is 6.61 Å². The Morgan fingerprint density at radius 2 is 1.74 bits per heavy atom. The van der Waals surface area contributed by atoms with Crippen LogP contribution in [0.5, 0.6) is 5.75 Å². The van der Waals surface area contributed by atoms with E-state index < -0.39 is 0 Å². The predicted molar refractivity (Wildman–Crippen MR) is 96.3 cm³/mol. The van der Waals surface area contributed by atoms with Gasteiger partial charge in [0.1, 0.15) is 11.2 Å². The van der Waals surface area contributed by atoms with Crippen LogP contribution in [0.4, 0.5) is 11.4 Å². The van der Waals surface area contributed by atoms with Crippen LogP contribution < -0.4 is 10.1 Å². The second kappa shape index (κ2) is 7.08. The number of nitriles is 1. The molecule has 0 aliphatic heterocycles. The topological polar surface area (TPSA) is 45.0 Å². The number of fused-ring (bicyclic) bond motifs is 1. The first-order valence-electron chi connectivity index (χ1n) is 7.39. The molecule has 0 bridgehead atoms. The van der Waals surface area contributed by atoms with Crippen molar-refractivity contribution < 1.29 is 4.74 Å². The molecule has 1 N–H and O–H groups in total. The molecule has 3 nitrogen and oxygen atoms in total.